The van der Waals surface area contributed by atoms with Gasteiger partial charge in [-0.05, 0) is 24.3 Å². The second-order valence-electron chi connectivity index (χ2n) is 6.47. The van der Waals surface area contributed by atoms with E-state index >= 15 is 0 Å². The number of rotatable bonds is 6. The van der Waals surface area contributed by atoms with Gasteiger partial charge in [0.2, 0.25) is 5.91 Å². The van der Waals surface area contributed by atoms with Gasteiger partial charge in [0.25, 0.3) is 11.7 Å². The van der Waals surface area contributed by atoms with Crippen LogP contribution in [0.25, 0.3) is 0 Å². The molecular weight excluding hydrogens is 403 g/mol. The molecule has 5 nitrogen and oxygen atoms in total. The third kappa shape index (κ3) is 5.74. The summed E-state index contributed by atoms with van der Waals surface area (Å²) in [5.41, 5.74) is 0.378. The van der Waals surface area contributed by atoms with E-state index in [1.165, 1.54) is 24.3 Å². The SMILES string of the molecule is O=C(CN1CCN(C(=O)c2ccccc2F)CC1)Nc1ccccc1SC(F)F. The Bertz CT molecular complexity index is 874. The average molecular weight is 423 g/mol. The van der Waals surface area contributed by atoms with Crippen molar-refractivity contribution in [2.24, 2.45) is 0 Å². The van der Waals surface area contributed by atoms with Gasteiger partial charge in [-0.1, -0.05) is 36.0 Å². The molecule has 3 rings (SSSR count). The molecule has 1 saturated heterocycles. The van der Waals surface area contributed by atoms with E-state index in [0.717, 1.165) is 0 Å². The first-order valence-corrected chi connectivity index (χ1v) is 9.92. The van der Waals surface area contributed by atoms with Crippen LogP contribution in [-0.4, -0.2) is 60.1 Å². The standard InChI is InChI=1S/C20H20F3N3O2S/c21-15-6-2-1-5-14(15)19(28)26-11-9-25(10-12-26)13-18(27)24-16-7-3-4-8-17(16)29-20(22)23/h1-8,20H,9-13H2,(H,24,27). The minimum absolute atomic E-state index is 0.0341. The molecule has 0 radical (unpaired) electrons. The van der Waals surface area contributed by atoms with Crippen LogP contribution in [-0.2, 0) is 4.79 Å². The molecule has 2 amide bonds. The molecule has 0 spiro atoms. The van der Waals surface area contributed by atoms with Crippen LogP contribution in [0.5, 0.6) is 0 Å². The van der Waals surface area contributed by atoms with Gasteiger partial charge < -0.3 is 10.2 Å². The Labute approximate surface area is 170 Å². The molecule has 29 heavy (non-hydrogen) atoms. The van der Waals surface area contributed by atoms with Crippen molar-refractivity contribution in [3.8, 4) is 0 Å². The number of piperazine rings is 1. The van der Waals surface area contributed by atoms with Gasteiger partial charge in [0, 0.05) is 31.1 Å². The zero-order valence-corrected chi connectivity index (χ0v) is 16.3. The van der Waals surface area contributed by atoms with Gasteiger partial charge in [-0.15, -0.1) is 0 Å². The number of nitrogens with zero attached hydrogens (tertiary/aromatic N) is 2. The highest BCUT2D eigenvalue weighted by molar-refractivity contribution is 7.99. The molecular formula is C20H20F3N3O2S. The van der Waals surface area contributed by atoms with Crippen molar-refractivity contribution in [2.45, 2.75) is 10.7 Å². The van der Waals surface area contributed by atoms with E-state index < -0.39 is 11.6 Å². The predicted octanol–water partition coefficient (Wildman–Crippen LogP) is 3.54. The van der Waals surface area contributed by atoms with Gasteiger partial charge in [-0.3, -0.25) is 14.5 Å². The number of alkyl halides is 2. The smallest absolute Gasteiger partial charge is 0.288 e. The fourth-order valence-corrected chi connectivity index (χ4v) is 3.67. The maximum Gasteiger partial charge on any atom is 0.288 e. The Kier molecular flexibility index (Phi) is 7.16. The molecule has 1 N–H and O–H groups in total. The van der Waals surface area contributed by atoms with Crippen molar-refractivity contribution in [2.75, 3.05) is 38.0 Å². The van der Waals surface area contributed by atoms with E-state index in [0.29, 0.717) is 48.5 Å². The number of para-hydroxylation sites is 1. The zero-order valence-electron chi connectivity index (χ0n) is 15.5. The van der Waals surface area contributed by atoms with Gasteiger partial charge in [-0.25, -0.2) is 4.39 Å². The summed E-state index contributed by atoms with van der Waals surface area (Å²) < 4.78 is 39.1. The number of halogens is 3. The fraction of sp³-hybridized carbons (Fsp3) is 0.300. The largest absolute Gasteiger partial charge is 0.336 e. The molecule has 2 aromatic rings. The third-order valence-electron chi connectivity index (χ3n) is 4.51. The number of amides is 2. The molecule has 2 aromatic carbocycles. The number of anilines is 1. The molecule has 154 valence electrons. The fourth-order valence-electron chi connectivity index (χ4n) is 3.08. The normalized spacial score (nSPS) is 14.8. The summed E-state index contributed by atoms with van der Waals surface area (Å²) in [5, 5.41) is 2.67. The summed E-state index contributed by atoms with van der Waals surface area (Å²) in [5.74, 6) is -3.82. The molecule has 1 aliphatic heterocycles. The van der Waals surface area contributed by atoms with Crippen molar-refractivity contribution >= 4 is 29.3 Å². The molecule has 0 unspecified atom stereocenters. The summed E-state index contributed by atoms with van der Waals surface area (Å²) in [4.78, 5) is 28.5. The van der Waals surface area contributed by atoms with Crippen molar-refractivity contribution in [1.82, 2.24) is 9.80 Å². The Balaban J connectivity index is 1.52. The molecule has 1 aliphatic rings. The molecule has 1 heterocycles. The van der Waals surface area contributed by atoms with E-state index in [1.54, 1.807) is 29.2 Å². The van der Waals surface area contributed by atoms with E-state index in [2.05, 4.69) is 5.32 Å². The summed E-state index contributed by atoms with van der Waals surface area (Å²) in [6.07, 6.45) is 0. The Morgan fingerprint density at radius 1 is 1.00 bits per heavy atom. The molecule has 0 aromatic heterocycles. The van der Waals surface area contributed by atoms with Crippen LogP contribution in [0.1, 0.15) is 10.4 Å². The van der Waals surface area contributed by atoms with Gasteiger partial charge in [0.05, 0.1) is 17.8 Å². The van der Waals surface area contributed by atoms with Crippen LogP contribution in [0.15, 0.2) is 53.4 Å². The van der Waals surface area contributed by atoms with E-state index in [4.69, 9.17) is 0 Å². The number of benzene rings is 2. The van der Waals surface area contributed by atoms with Crippen molar-refractivity contribution in [3.05, 3.63) is 59.9 Å². The van der Waals surface area contributed by atoms with Crippen LogP contribution in [0.4, 0.5) is 18.9 Å². The Morgan fingerprint density at radius 3 is 2.34 bits per heavy atom. The lowest BCUT2D eigenvalue weighted by atomic mass is 10.1. The van der Waals surface area contributed by atoms with Crippen LogP contribution >= 0.6 is 11.8 Å². The number of hydrogen-bond donors (Lipinski definition) is 1. The second-order valence-corrected chi connectivity index (χ2v) is 7.50. The molecule has 1 fully saturated rings. The number of carbonyl (C=O) groups is 2. The minimum atomic E-state index is -2.58. The quantitative estimate of drug-likeness (QED) is 0.723. The first-order chi connectivity index (χ1) is 13.9. The summed E-state index contributed by atoms with van der Waals surface area (Å²) in [6, 6.07) is 12.2. The number of hydrogen-bond acceptors (Lipinski definition) is 4. The molecule has 0 bridgehead atoms. The predicted molar refractivity (Wildman–Crippen MR) is 106 cm³/mol. The number of carbonyl (C=O) groups excluding carboxylic acids is 2. The van der Waals surface area contributed by atoms with Crippen LogP contribution in [0.3, 0.4) is 0 Å². The van der Waals surface area contributed by atoms with Gasteiger partial charge in [-0.2, -0.15) is 8.78 Å². The topological polar surface area (TPSA) is 52.7 Å². The van der Waals surface area contributed by atoms with Crippen LogP contribution in [0.2, 0.25) is 0 Å². The number of thioether (sulfide) groups is 1. The van der Waals surface area contributed by atoms with E-state index in [-0.39, 0.29) is 23.9 Å². The third-order valence-corrected chi connectivity index (χ3v) is 5.30. The lowest BCUT2D eigenvalue weighted by molar-refractivity contribution is -0.117. The Hall–Kier alpha value is -2.52. The van der Waals surface area contributed by atoms with Gasteiger partial charge in [0.15, 0.2) is 0 Å². The first-order valence-electron chi connectivity index (χ1n) is 9.04. The molecule has 9 heteroatoms. The maximum atomic E-state index is 13.8. The van der Waals surface area contributed by atoms with Gasteiger partial charge >= 0.3 is 0 Å². The molecule has 0 saturated carbocycles. The zero-order chi connectivity index (χ0) is 20.8. The van der Waals surface area contributed by atoms with Crippen molar-refractivity contribution in [1.29, 1.82) is 0 Å². The van der Waals surface area contributed by atoms with Crippen molar-refractivity contribution < 1.29 is 22.8 Å². The maximum absolute atomic E-state index is 13.8. The Morgan fingerprint density at radius 2 is 1.66 bits per heavy atom. The minimum Gasteiger partial charge on any atom is -0.336 e. The highest BCUT2D eigenvalue weighted by atomic mass is 32.2. The highest BCUT2D eigenvalue weighted by Crippen LogP contribution is 2.31. The second kappa shape index (κ2) is 9.80. The average Bonchev–Trinajstić information content (AvgIpc) is 2.69. The lowest BCUT2D eigenvalue weighted by Crippen LogP contribution is -2.50. The summed E-state index contributed by atoms with van der Waals surface area (Å²) in [7, 11) is 0. The first kappa shape index (κ1) is 21.2. The number of nitrogens with one attached hydrogen (secondary N) is 1. The lowest BCUT2D eigenvalue weighted by Gasteiger charge is -2.34. The molecule has 0 aliphatic carbocycles. The van der Waals surface area contributed by atoms with Crippen LogP contribution in [0, 0.1) is 5.82 Å². The van der Waals surface area contributed by atoms with Crippen molar-refractivity contribution in [3.63, 3.8) is 0 Å². The monoisotopic (exact) mass is 423 g/mol. The molecule has 0 atom stereocenters. The van der Waals surface area contributed by atoms with Gasteiger partial charge in [0.1, 0.15) is 5.82 Å². The van der Waals surface area contributed by atoms with E-state index in [9.17, 15) is 22.8 Å². The highest BCUT2D eigenvalue weighted by Gasteiger charge is 2.25. The van der Waals surface area contributed by atoms with Crippen LogP contribution < -0.4 is 5.32 Å². The van der Waals surface area contributed by atoms with E-state index in [1.807, 2.05) is 4.90 Å². The summed E-state index contributed by atoms with van der Waals surface area (Å²) in [6.45, 7) is 1.74. The summed E-state index contributed by atoms with van der Waals surface area (Å²) >= 11 is 0.379.